The van der Waals surface area contributed by atoms with Crippen LogP contribution in [0.4, 0.5) is 0 Å². The minimum absolute atomic E-state index is 0.0461. The van der Waals surface area contributed by atoms with Crippen molar-refractivity contribution in [2.75, 3.05) is 52.4 Å². The van der Waals surface area contributed by atoms with Gasteiger partial charge in [0.2, 0.25) is 5.91 Å². The molecule has 0 unspecified atom stereocenters. The predicted octanol–water partition coefficient (Wildman–Crippen LogP) is 1.23. The molecule has 0 bridgehead atoms. The van der Waals surface area contributed by atoms with Gasteiger partial charge in [-0.15, -0.1) is 0 Å². The molecule has 2 fully saturated rings. The van der Waals surface area contributed by atoms with Crippen molar-refractivity contribution in [3.8, 4) is 5.75 Å². The van der Waals surface area contributed by atoms with Gasteiger partial charge in [-0.3, -0.25) is 19.3 Å². The van der Waals surface area contributed by atoms with Crippen LogP contribution in [0.1, 0.15) is 24.8 Å². The Kier molecular flexibility index (Phi) is 9.43. The molecule has 1 aromatic rings. The number of para-hydroxylation sites is 1. The van der Waals surface area contributed by atoms with Gasteiger partial charge in [0, 0.05) is 45.7 Å². The highest BCUT2D eigenvalue weighted by Gasteiger charge is 2.23. The third-order valence-corrected chi connectivity index (χ3v) is 5.24. The fourth-order valence-corrected chi connectivity index (χ4v) is 3.60. The van der Waals surface area contributed by atoms with Gasteiger partial charge in [0.15, 0.2) is 6.61 Å². The largest absolute Gasteiger partial charge is 0.484 e. The standard InChI is InChI=1S/C20H29N3O3.CH2O2/c1-17-6-2-3-7-18(17)26-16-20(25)23-11-5-9-21(13-15-23)12-14-22-10-4-8-19(22)24;2-1-3/h2-3,6-7H,4-5,8-16H2,1H3;1H,(H,2,3). The number of amides is 2. The summed E-state index contributed by atoms with van der Waals surface area (Å²) >= 11 is 0. The van der Waals surface area contributed by atoms with Crippen LogP contribution in [0.3, 0.4) is 0 Å². The van der Waals surface area contributed by atoms with Crippen molar-refractivity contribution < 1.29 is 24.2 Å². The van der Waals surface area contributed by atoms with Crippen LogP contribution < -0.4 is 4.74 Å². The van der Waals surface area contributed by atoms with Crippen molar-refractivity contribution in [3.63, 3.8) is 0 Å². The maximum atomic E-state index is 12.5. The number of rotatable bonds is 6. The Hall–Kier alpha value is -2.61. The first-order chi connectivity index (χ1) is 14.0. The Morgan fingerprint density at radius 1 is 1.10 bits per heavy atom. The highest BCUT2D eigenvalue weighted by Crippen LogP contribution is 2.16. The molecule has 0 radical (unpaired) electrons. The third kappa shape index (κ3) is 7.38. The van der Waals surface area contributed by atoms with Gasteiger partial charge in [-0.2, -0.15) is 0 Å². The summed E-state index contributed by atoms with van der Waals surface area (Å²) in [4.78, 5) is 38.8. The number of nitrogens with zero attached hydrogens (tertiary/aromatic N) is 3. The highest BCUT2D eigenvalue weighted by molar-refractivity contribution is 5.78. The van der Waals surface area contributed by atoms with Gasteiger partial charge < -0.3 is 19.6 Å². The van der Waals surface area contributed by atoms with Crippen molar-refractivity contribution in [1.82, 2.24) is 14.7 Å². The Morgan fingerprint density at radius 3 is 2.55 bits per heavy atom. The van der Waals surface area contributed by atoms with E-state index >= 15 is 0 Å². The third-order valence-electron chi connectivity index (χ3n) is 5.24. The minimum Gasteiger partial charge on any atom is -0.484 e. The molecule has 0 aromatic heterocycles. The molecule has 0 aliphatic carbocycles. The Morgan fingerprint density at radius 2 is 1.86 bits per heavy atom. The van der Waals surface area contributed by atoms with E-state index in [1.165, 1.54) is 0 Å². The number of ether oxygens (including phenoxy) is 1. The molecular weight excluding hydrogens is 374 g/mol. The zero-order chi connectivity index (χ0) is 21.1. The van der Waals surface area contributed by atoms with E-state index in [1.54, 1.807) is 0 Å². The smallest absolute Gasteiger partial charge is 0.290 e. The first kappa shape index (κ1) is 22.7. The van der Waals surface area contributed by atoms with Gasteiger partial charge in [-0.05, 0) is 37.9 Å². The Bertz CT molecular complexity index is 682. The van der Waals surface area contributed by atoms with Crippen molar-refractivity contribution in [2.24, 2.45) is 0 Å². The second-order valence-electron chi connectivity index (χ2n) is 7.22. The zero-order valence-corrected chi connectivity index (χ0v) is 17.1. The fourth-order valence-electron chi connectivity index (χ4n) is 3.60. The summed E-state index contributed by atoms with van der Waals surface area (Å²) < 4.78 is 5.70. The molecule has 2 aliphatic rings. The van der Waals surface area contributed by atoms with Gasteiger partial charge in [-0.1, -0.05) is 18.2 Å². The lowest BCUT2D eigenvalue weighted by molar-refractivity contribution is -0.133. The number of hydrogen-bond donors (Lipinski definition) is 1. The van der Waals surface area contributed by atoms with E-state index in [4.69, 9.17) is 14.6 Å². The number of benzene rings is 1. The van der Waals surface area contributed by atoms with E-state index < -0.39 is 0 Å². The van der Waals surface area contributed by atoms with Gasteiger partial charge >= 0.3 is 0 Å². The highest BCUT2D eigenvalue weighted by atomic mass is 16.5. The predicted molar refractivity (Wildman–Crippen MR) is 109 cm³/mol. The summed E-state index contributed by atoms with van der Waals surface area (Å²) in [5.74, 6) is 1.10. The summed E-state index contributed by atoms with van der Waals surface area (Å²) in [6, 6.07) is 7.76. The molecule has 2 amide bonds. The Balaban J connectivity index is 0.000000941. The quantitative estimate of drug-likeness (QED) is 0.716. The van der Waals surface area contributed by atoms with Crippen molar-refractivity contribution in [2.45, 2.75) is 26.2 Å². The molecule has 8 nitrogen and oxygen atoms in total. The summed E-state index contributed by atoms with van der Waals surface area (Å²) in [6.07, 6.45) is 2.65. The van der Waals surface area contributed by atoms with Crippen LogP contribution in [-0.4, -0.2) is 90.5 Å². The van der Waals surface area contributed by atoms with E-state index in [0.717, 1.165) is 70.0 Å². The van der Waals surface area contributed by atoms with Crippen molar-refractivity contribution in [1.29, 1.82) is 0 Å². The molecule has 160 valence electrons. The van der Waals surface area contributed by atoms with Gasteiger partial charge in [0.25, 0.3) is 12.4 Å². The van der Waals surface area contributed by atoms with Gasteiger partial charge in [-0.25, -0.2) is 0 Å². The first-order valence-electron chi connectivity index (χ1n) is 10.1. The number of aryl methyl sites for hydroxylation is 1. The lowest BCUT2D eigenvalue weighted by atomic mass is 10.2. The molecule has 2 heterocycles. The molecule has 2 saturated heterocycles. The zero-order valence-electron chi connectivity index (χ0n) is 17.1. The number of likely N-dealkylation sites (tertiary alicyclic amines) is 1. The molecule has 3 rings (SSSR count). The first-order valence-corrected chi connectivity index (χ1v) is 10.1. The van der Waals surface area contributed by atoms with Gasteiger partial charge in [0.05, 0.1) is 0 Å². The van der Waals surface area contributed by atoms with E-state index in [1.807, 2.05) is 41.0 Å². The van der Waals surface area contributed by atoms with Crippen LogP contribution in [-0.2, 0) is 14.4 Å². The summed E-state index contributed by atoms with van der Waals surface area (Å²) in [5, 5.41) is 6.89. The maximum absolute atomic E-state index is 12.5. The van der Waals surface area contributed by atoms with E-state index in [0.29, 0.717) is 6.42 Å². The summed E-state index contributed by atoms with van der Waals surface area (Å²) in [7, 11) is 0. The second-order valence-corrected chi connectivity index (χ2v) is 7.22. The summed E-state index contributed by atoms with van der Waals surface area (Å²) in [5.41, 5.74) is 1.04. The number of carbonyl (C=O) groups excluding carboxylic acids is 2. The van der Waals surface area contributed by atoms with Crippen molar-refractivity contribution in [3.05, 3.63) is 29.8 Å². The lowest BCUT2D eigenvalue weighted by Gasteiger charge is -2.24. The fraction of sp³-hybridized carbons (Fsp3) is 0.571. The molecule has 29 heavy (non-hydrogen) atoms. The average Bonchev–Trinajstić information content (AvgIpc) is 2.97. The van der Waals surface area contributed by atoms with E-state index in [9.17, 15) is 9.59 Å². The molecule has 1 aromatic carbocycles. The van der Waals surface area contributed by atoms with Crippen LogP contribution in [0.2, 0.25) is 0 Å². The monoisotopic (exact) mass is 405 g/mol. The maximum Gasteiger partial charge on any atom is 0.290 e. The van der Waals surface area contributed by atoms with E-state index in [-0.39, 0.29) is 24.9 Å². The van der Waals surface area contributed by atoms with Crippen LogP contribution in [0.25, 0.3) is 0 Å². The number of carboxylic acid groups (broad SMARTS) is 1. The van der Waals surface area contributed by atoms with Gasteiger partial charge in [0.1, 0.15) is 5.75 Å². The van der Waals surface area contributed by atoms with Crippen LogP contribution in [0.15, 0.2) is 24.3 Å². The van der Waals surface area contributed by atoms with Crippen LogP contribution in [0, 0.1) is 6.92 Å². The SMILES string of the molecule is Cc1ccccc1OCC(=O)N1CCCN(CCN2CCCC2=O)CC1.O=CO. The topological polar surface area (TPSA) is 90.4 Å². The normalized spacial score (nSPS) is 17.3. The summed E-state index contributed by atoms with van der Waals surface area (Å²) in [6.45, 7) is 7.76. The minimum atomic E-state index is -0.250. The number of carbonyl (C=O) groups is 3. The van der Waals surface area contributed by atoms with Crippen LogP contribution >= 0.6 is 0 Å². The second kappa shape index (κ2) is 12.1. The molecule has 1 N–H and O–H groups in total. The molecular formula is C21H31N3O5. The molecule has 0 saturated carbocycles. The molecule has 2 aliphatic heterocycles. The number of hydrogen-bond acceptors (Lipinski definition) is 5. The molecule has 0 atom stereocenters. The average molecular weight is 405 g/mol. The van der Waals surface area contributed by atoms with Crippen LogP contribution in [0.5, 0.6) is 5.75 Å². The van der Waals surface area contributed by atoms with Crippen molar-refractivity contribution >= 4 is 18.3 Å². The molecule has 8 heteroatoms. The lowest BCUT2D eigenvalue weighted by Crippen LogP contribution is -2.40. The Labute approximate surface area is 172 Å². The molecule has 0 spiro atoms. The van der Waals surface area contributed by atoms with E-state index in [2.05, 4.69) is 4.90 Å².